The third-order valence-corrected chi connectivity index (χ3v) is 4.37. The van der Waals surface area contributed by atoms with Gasteiger partial charge in [-0.05, 0) is 19.4 Å². The van der Waals surface area contributed by atoms with E-state index in [1.165, 1.54) is 0 Å². The van der Waals surface area contributed by atoms with Crippen molar-refractivity contribution in [2.75, 3.05) is 6.61 Å². The Labute approximate surface area is 123 Å². The molecule has 7 heteroatoms. The molecular weight excluding hydrogens is 300 g/mol. The van der Waals surface area contributed by atoms with E-state index >= 15 is 0 Å². The highest BCUT2D eigenvalue weighted by molar-refractivity contribution is 7.89. The van der Waals surface area contributed by atoms with Crippen molar-refractivity contribution in [1.82, 2.24) is 4.72 Å². The van der Waals surface area contributed by atoms with Gasteiger partial charge in [0.05, 0.1) is 12.2 Å². The van der Waals surface area contributed by atoms with Gasteiger partial charge in [-0.2, -0.15) is 0 Å². The summed E-state index contributed by atoms with van der Waals surface area (Å²) in [5, 5.41) is 8.65. The van der Waals surface area contributed by atoms with Crippen LogP contribution in [0.1, 0.15) is 32.3 Å². The van der Waals surface area contributed by atoms with E-state index in [9.17, 15) is 17.2 Å². The molecule has 0 bridgehead atoms. The van der Waals surface area contributed by atoms with Gasteiger partial charge >= 0.3 is 0 Å². The number of hydrogen-bond acceptors (Lipinski definition) is 3. The van der Waals surface area contributed by atoms with Gasteiger partial charge in [-0.15, -0.1) is 0 Å². The predicted molar refractivity (Wildman–Crippen MR) is 75.0 cm³/mol. The Balaban J connectivity index is 3.37. The molecule has 0 aliphatic rings. The van der Waals surface area contributed by atoms with Crippen LogP contribution in [-0.2, 0) is 10.0 Å². The first-order chi connectivity index (χ1) is 9.81. The molecule has 0 saturated carbocycles. The van der Waals surface area contributed by atoms with Crippen LogP contribution < -0.4 is 4.72 Å². The Morgan fingerprint density at radius 2 is 2.05 bits per heavy atom. The summed E-state index contributed by atoms with van der Waals surface area (Å²) in [7, 11) is -4.14. The molecule has 0 aromatic heterocycles. The monoisotopic (exact) mass is 317 g/mol. The van der Waals surface area contributed by atoms with Gasteiger partial charge in [-0.25, -0.2) is 21.9 Å². The fourth-order valence-corrected chi connectivity index (χ4v) is 3.08. The fraction of sp³-hybridized carbons (Fsp3) is 0.429. The third kappa shape index (κ3) is 4.77. The molecule has 0 spiro atoms. The van der Waals surface area contributed by atoms with Gasteiger partial charge in [0.2, 0.25) is 10.0 Å². The lowest BCUT2D eigenvalue weighted by Gasteiger charge is -2.14. The van der Waals surface area contributed by atoms with Crippen molar-refractivity contribution in [3.8, 4) is 11.8 Å². The second-order valence-corrected chi connectivity index (χ2v) is 6.12. The van der Waals surface area contributed by atoms with Crippen LogP contribution in [0.5, 0.6) is 0 Å². The largest absolute Gasteiger partial charge is 0.395 e. The highest BCUT2D eigenvalue weighted by atomic mass is 32.2. The summed E-state index contributed by atoms with van der Waals surface area (Å²) in [6, 6.07) is 0.971. The Morgan fingerprint density at radius 3 is 2.62 bits per heavy atom. The Hall–Kier alpha value is -1.49. The van der Waals surface area contributed by atoms with Crippen molar-refractivity contribution in [3.63, 3.8) is 0 Å². The molecule has 1 aromatic rings. The highest BCUT2D eigenvalue weighted by Gasteiger charge is 2.25. The molecule has 0 aliphatic heterocycles. The summed E-state index contributed by atoms with van der Waals surface area (Å²) >= 11 is 0. The maximum absolute atomic E-state index is 13.9. The van der Waals surface area contributed by atoms with Crippen molar-refractivity contribution < 1.29 is 22.3 Å². The van der Waals surface area contributed by atoms with Crippen LogP contribution in [0.3, 0.4) is 0 Å². The normalized spacial score (nSPS) is 12.6. The predicted octanol–water partition coefficient (Wildman–Crippen LogP) is 1.78. The molecule has 1 aromatic carbocycles. The van der Waals surface area contributed by atoms with Crippen LogP contribution in [0.25, 0.3) is 0 Å². The summed E-state index contributed by atoms with van der Waals surface area (Å²) in [5.74, 6) is 2.74. The molecule has 116 valence electrons. The summed E-state index contributed by atoms with van der Waals surface area (Å²) in [6.07, 6.45) is 0.601. The van der Waals surface area contributed by atoms with Crippen LogP contribution in [0.4, 0.5) is 8.78 Å². The van der Waals surface area contributed by atoms with E-state index < -0.39 is 32.6 Å². The molecule has 4 nitrogen and oxygen atoms in total. The summed E-state index contributed by atoms with van der Waals surface area (Å²) in [4.78, 5) is -0.672. The number of sulfonamides is 1. The van der Waals surface area contributed by atoms with Gasteiger partial charge in [-0.3, -0.25) is 0 Å². The van der Waals surface area contributed by atoms with Crippen molar-refractivity contribution in [3.05, 3.63) is 29.3 Å². The van der Waals surface area contributed by atoms with Crippen LogP contribution >= 0.6 is 0 Å². The van der Waals surface area contributed by atoms with Crippen LogP contribution in [0.15, 0.2) is 17.0 Å². The summed E-state index contributed by atoms with van der Waals surface area (Å²) in [5.41, 5.74) is -0.267. The number of halogens is 2. The number of hydrogen-bond donors (Lipinski definition) is 2. The first-order valence-electron chi connectivity index (χ1n) is 6.43. The molecular formula is C14H17F2NO3S. The SMILES string of the molecule is CCC(C)NS(=O)(=O)c1c(F)cc(F)cc1C#CCCO. The van der Waals surface area contributed by atoms with Gasteiger partial charge in [0.15, 0.2) is 0 Å². The second-order valence-electron chi connectivity index (χ2n) is 4.47. The second kappa shape index (κ2) is 7.50. The number of benzene rings is 1. The Bertz CT molecular complexity index is 663. The first kappa shape index (κ1) is 17.6. The molecule has 1 atom stereocenters. The molecule has 0 radical (unpaired) electrons. The van der Waals surface area contributed by atoms with Gasteiger partial charge in [0.1, 0.15) is 16.5 Å². The maximum Gasteiger partial charge on any atom is 0.244 e. The van der Waals surface area contributed by atoms with Gasteiger partial charge in [0, 0.05) is 18.5 Å². The van der Waals surface area contributed by atoms with Gasteiger partial charge < -0.3 is 5.11 Å². The average molecular weight is 317 g/mol. The lowest BCUT2D eigenvalue weighted by molar-refractivity contribution is 0.305. The molecule has 2 N–H and O–H groups in total. The molecule has 21 heavy (non-hydrogen) atoms. The van der Waals surface area contributed by atoms with E-state index in [-0.39, 0.29) is 18.6 Å². The lowest BCUT2D eigenvalue weighted by Crippen LogP contribution is -2.33. The Kier molecular flexibility index (Phi) is 6.27. The third-order valence-electron chi connectivity index (χ3n) is 2.71. The van der Waals surface area contributed by atoms with Crippen molar-refractivity contribution in [2.24, 2.45) is 0 Å². The van der Waals surface area contributed by atoms with E-state index in [2.05, 4.69) is 16.6 Å². The van der Waals surface area contributed by atoms with Gasteiger partial charge in [0.25, 0.3) is 0 Å². The number of rotatable bonds is 5. The Morgan fingerprint density at radius 1 is 1.38 bits per heavy atom. The zero-order valence-corrected chi connectivity index (χ0v) is 12.6. The zero-order valence-electron chi connectivity index (χ0n) is 11.8. The molecule has 0 aliphatic carbocycles. The maximum atomic E-state index is 13.9. The molecule has 0 saturated heterocycles. The smallest absolute Gasteiger partial charge is 0.244 e. The molecule has 1 rings (SSSR count). The first-order valence-corrected chi connectivity index (χ1v) is 7.91. The topological polar surface area (TPSA) is 66.4 Å². The van der Waals surface area contributed by atoms with Crippen LogP contribution in [0.2, 0.25) is 0 Å². The van der Waals surface area contributed by atoms with E-state index in [4.69, 9.17) is 5.11 Å². The molecule has 1 unspecified atom stereocenters. The minimum absolute atomic E-state index is 0.0798. The van der Waals surface area contributed by atoms with E-state index in [0.29, 0.717) is 12.5 Å². The van der Waals surface area contributed by atoms with Crippen molar-refractivity contribution in [2.45, 2.75) is 37.6 Å². The standard InChI is InChI=1S/C14H17F2NO3S/c1-3-10(2)17-21(19,20)14-11(6-4-5-7-18)8-12(15)9-13(14)16/h8-10,17-18H,3,5,7H2,1-2H3. The highest BCUT2D eigenvalue weighted by Crippen LogP contribution is 2.21. The minimum Gasteiger partial charge on any atom is -0.395 e. The minimum atomic E-state index is -4.14. The van der Waals surface area contributed by atoms with Crippen molar-refractivity contribution in [1.29, 1.82) is 0 Å². The van der Waals surface area contributed by atoms with Crippen molar-refractivity contribution >= 4 is 10.0 Å². The van der Waals surface area contributed by atoms with E-state index in [1.54, 1.807) is 13.8 Å². The van der Waals surface area contributed by atoms with E-state index in [0.717, 1.165) is 6.07 Å². The molecule has 0 amide bonds. The number of nitrogens with one attached hydrogen (secondary N) is 1. The fourth-order valence-electron chi connectivity index (χ4n) is 1.55. The number of aliphatic hydroxyl groups excluding tert-OH is 1. The van der Waals surface area contributed by atoms with Crippen LogP contribution in [0, 0.1) is 23.5 Å². The quantitative estimate of drug-likeness (QED) is 0.814. The summed E-state index contributed by atoms with van der Waals surface area (Å²) in [6.45, 7) is 3.18. The number of aliphatic hydroxyl groups is 1. The molecule has 0 fully saturated rings. The lowest BCUT2D eigenvalue weighted by atomic mass is 10.2. The molecule has 0 heterocycles. The zero-order chi connectivity index (χ0) is 16.0. The van der Waals surface area contributed by atoms with Crippen LogP contribution in [-0.4, -0.2) is 26.2 Å². The van der Waals surface area contributed by atoms with Gasteiger partial charge in [-0.1, -0.05) is 18.8 Å². The summed E-state index contributed by atoms with van der Waals surface area (Å²) < 4.78 is 53.9. The average Bonchev–Trinajstić information content (AvgIpc) is 2.37. The van der Waals surface area contributed by atoms with E-state index in [1.807, 2.05) is 0 Å².